The van der Waals surface area contributed by atoms with Crippen LogP contribution in [0.3, 0.4) is 0 Å². The van der Waals surface area contributed by atoms with Gasteiger partial charge in [-0.2, -0.15) is 0 Å². The van der Waals surface area contributed by atoms with Gasteiger partial charge in [0.25, 0.3) is 7.82 Å². The molecule has 0 saturated carbocycles. The van der Waals surface area contributed by atoms with Crippen molar-refractivity contribution in [3.05, 3.63) is 36.5 Å². The molecule has 0 spiro atoms. The number of nitrogens with zero attached hydrogens (tertiary/aromatic N) is 1. The smallest absolute Gasteiger partial charge is 0.268 e. The second-order valence-corrected chi connectivity index (χ2v) is 26.3. The summed E-state index contributed by atoms with van der Waals surface area (Å²) in [5, 5.41) is 14.1. The lowest BCUT2D eigenvalue weighted by Crippen LogP contribution is -2.46. The maximum Gasteiger partial charge on any atom is 0.268 e. The van der Waals surface area contributed by atoms with Crippen LogP contribution in [0, 0.1) is 0 Å². The second-order valence-electron chi connectivity index (χ2n) is 24.9. The number of likely N-dealkylation sites (N-methyl/N-ethyl adjacent to an activating group) is 1. The van der Waals surface area contributed by atoms with Crippen LogP contribution in [0.5, 0.6) is 0 Å². The van der Waals surface area contributed by atoms with Gasteiger partial charge in [-0.25, -0.2) is 0 Å². The number of unbranched alkanes of at least 4 members (excludes halogenated alkanes) is 45. The number of amides is 1. The monoisotopic (exact) mass is 1120 g/mol. The van der Waals surface area contributed by atoms with E-state index < -0.39 is 20.0 Å². The zero-order valence-electron chi connectivity index (χ0n) is 52.9. The highest BCUT2D eigenvalue weighted by Gasteiger charge is 2.24. The van der Waals surface area contributed by atoms with E-state index in [2.05, 4.69) is 55.6 Å². The van der Waals surface area contributed by atoms with Crippen molar-refractivity contribution < 1.29 is 32.9 Å². The van der Waals surface area contributed by atoms with Crippen molar-refractivity contribution in [2.24, 2.45) is 0 Å². The normalized spacial score (nSPS) is 13.9. The molecule has 9 heteroatoms. The number of hydrogen-bond donors (Lipinski definition) is 2. The summed E-state index contributed by atoms with van der Waals surface area (Å²) in [6.07, 6.45) is 79.2. The van der Waals surface area contributed by atoms with E-state index in [9.17, 15) is 19.4 Å². The minimum absolute atomic E-state index is 0.0137. The van der Waals surface area contributed by atoms with Crippen LogP contribution in [0.2, 0.25) is 0 Å². The average molecular weight is 1120 g/mol. The van der Waals surface area contributed by atoms with Crippen LogP contribution in [0.25, 0.3) is 0 Å². The first-order valence-corrected chi connectivity index (χ1v) is 35.8. The number of phosphoric acid groups is 1. The summed E-state index contributed by atoms with van der Waals surface area (Å²) in [6.45, 7) is 4.76. The molecule has 2 N–H and O–H groups in total. The summed E-state index contributed by atoms with van der Waals surface area (Å²) in [4.78, 5) is 25.7. The van der Waals surface area contributed by atoms with E-state index in [4.69, 9.17) is 9.05 Å². The second kappa shape index (κ2) is 60.3. The molecule has 0 rings (SSSR count). The number of carbonyl (C=O) groups excluding carboxylic acids is 1. The third kappa shape index (κ3) is 62.3. The highest BCUT2D eigenvalue weighted by atomic mass is 31.2. The van der Waals surface area contributed by atoms with Crippen molar-refractivity contribution in [2.75, 3.05) is 40.9 Å². The Hall–Kier alpha value is -1.28. The fourth-order valence-electron chi connectivity index (χ4n) is 10.5. The highest BCUT2D eigenvalue weighted by molar-refractivity contribution is 7.45. The number of carbonyl (C=O) groups is 1. The molecule has 0 aliphatic carbocycles. The van der Waals surface area contributed by atoms with Gasteiger partial charge in [0.05, 0.1) is 39.9 Å². The third-order valence-electron chi connectivity index (χ3n) is 15.9. The minimum atomic E-state index is -4.58. The molecule has 0 saturated heterocycles. The Morgan fingerprint density at radius 1 is 0.449 bits per heavy atom. The van der Waals surface area contributed by atoms with Crippen molar-refractivity contribution in [2.45, 2.75) is 360 Å². The van der Waals surface area contributed by atoms with Gasteiger partial charge in [0.2, 0.25) is 5.91 Å². The van der Waals surface area contributed by atoms with Crippen LogP contribution in [-0.4, -0.2) is 68.5 Å². The fourth-order valence-corrected chi connectivity index (χ4v) is 11.2. The molecule has 0 aliphatic heterocycles. The Morgan fingerprint density at radius 3 is 1.08 bits per heavy atom. The molecular weight excluding hydrogens is 984 g/mol. The Balaban J connectivity index is 4.03. The molecule has 0 aromatic carbocycles. The number of quaternary nitrogens is 1. The lowest BCUT2D eigenvalue weighted by molar-refractivity contribution is -0.870. The number of phosphoric ester groups is 1. The standard InChI is InChI=1S/C69H135N2O6P/c1-6-8-10-12-14-16-18-20-22-24-26-28-30-32-33-34-35-36-37-39-41-43-45-47-49-51-53-55-57-59-61-63-69(73)70-67(66-77-78(74,75)76-65-64-71(3,4)5)68(72)62-60-58-56-54-52-50-48-46-44-42-40-38-31-29-27-25-23-21-19-17-15-13-11-9-7-2/h18,20,24,26,30,32,67-68,72H,6-17,19,21-23,25,27-29,31,33-66H2,1-5H3,(H-,70,73,74,75)/b20-18-,26-24-,32-30-. The van der Waals surface area contributed by atoms with Crippen molar-refractivity contribution in [1.82, 2.24) is 5.32 Å². The number of aliphatic hydroxyl groups is 1. The minimum Gasteiger partial charge on any atom is -0.756 e. The molecule has 0 bridgehead atoms. The number of nitrogens with one attached hydrogen (secondary N) is 1. The van der Waals surface area contributed by atoms with Crippen LogP contribution in [0.15, 0.2) is 36.5 Å². The summed E-state index contributed by atoms with van der Waals surface area (Å²) < 4.78 is 23.5. The van der Waals surface area contributed by atoms with Crippen LogP contribution in [0.1, 0.15) is 348 Å². The molecule has 0 aliphatic rings. The van der Waals surface area contributed by atoms with Gasteiger partial charge in [0.15, 0.2) is 0 Å². The number of allylic oxidation sites excluding steroid dienone is 6. The van der Waals surface area contributed by atoms with Gasteiger partial charge in [-0.3, -0.25) is 9.36 Å². The maximum atomic E-state index is 13.1. The zero-order valence-corrected chi connectivity index (χ0v) is 53.8. The lowest BCUT2D eigenvalue weighted by Gasteiger charge is -2.30. The molecule has 8 nitrogen and oxygen atoms in total. The molecule has 78 heavy (non-hydrogen) atoms. The molecule has 0 aromatic rings. The van der Waals surface area contributed by atoms with Crippen LogP contribution in [-0.2, 0) is 18.4 Å². The topological polar surface area (TPSA) is 108 Å². The molecule has 1 amide bonds. The van der Waals surface area contributed by atoms with Gasteiger partial charge in [0.1, 0.15) is 13.2 Å². The van der Waals surface area contributed by atoms with Crippen molar-refractivity contribution in [1.29, 1.82) is 0 Å². The zero-order chi connectivity index (χ0) is 57.0. The SMILES string of the molecule is CCCCCCC/C=C\C/C=C\C/C=C\CCCCCCCCCCCCCCCCCCC(=O)NC(COP(=O)([O-])OCC[N+](C)(C)C)C(O)CCCCCCCCCCCCCCCCCCCCCCCCCCC. The van der Waals surface area contributed by atoms with E-state index >= 15 is 0 Å². The first-order chi connectivity index (χ1) is 38.0. The molecule has 0 radical (unpaired) electrons. The van der Waals surface area contributed by atoms with Gasteiger partial charge < -0.3 is 28.8 Å². The van der Waals surface area contributed by atoms with E-state index in [-0.39, 0.29) is 19.1 Å². The highest BCUT2D eigenvalue weighted by Crippen LogP contribution is 2.38. The van der Waals surface area contributed by atoms with E-state index in [0.717, 1.165) is 51.4 Å². The lowest BCUT2D eigenvalue weighted by atomic mass is 10.0. The maximum absolute atomic E-state index is 13.1. The van der Waals surface area contributed by atoms with Crippen molar-refractivity contribution in [3.63, 3.8) is 0 Å². The van der Waals surface area contributed by atoms with E-state index in [1.807, 2.05) is 21.1 Å². The predicted octanol–water partition coefficient (Wildman–Crippen LogP) is 21.0. The van der Waals surface area contributed by atoms with Crippen molar-refractivity contribution in [3.8, 4) is 0 Å². The van der Waals surface area contributed by atoms with Crippen molar-refractivity contribution >= 4 is 13.7 Å². The van der Waals surface area contributed by atoms with E-state index in [0.29, 0.717) is 23.9 Å². The van der Waals surface area contributed by atoms with E-state index in [1.165, 1.54) is 270 Å². The Labute approximate surface area is 487 Å². The quantitative estimate of drug-likeness (QED) is 0.0272. The molecule has 3 unspecified atom stereocenters. The van der Waals surface area contributed by atoms with Gasteiger partial charge in [0, 0.05) is 6.42 Å². The first-order valence-electron chi connectivity index (χ1n) is 34.3. The summed E-state index contributed by atoms with van der Waals surface area (Å²) in [6, 6.07) is -0.801. The molecule has 462 valence electrons. The predicted molar refractivity (Wildman–Crippen MR) is 339 cm³/mol. The molecule has 0 heterocycles. The summed E-state index contributed by atoms with van der Waals surface area (Å²) >= 11 is 0. The van der Waals surface area contributed by atoms with E-state index in [1.54, 1.807) is 0 Å². The van der Waals surface area contributed by atoms with Crippen LogP contribution < -0.4 is 10.2 Å². The van der Waals surface area contributed by atoms with Gasteiger partial charge in [-0.05, 0) is 51.4 Å². The summed E-state index contributed by atoms with van der Waals surface area (Å²) in [7, 11) is 1.32. The van der Waals surface area contributed by atoms with Crippen LogP contribution >= 0.6 is 7.82 Å². The molecule has 3 atom stereocenters. The Morgan fingerprint density at radius 2 is 0.744 bits per heavy atom. The average Bonchev–Trinajstić information content (AvgIpc) is 3.41. The van der Waals surface area contributed by atoms with Gasteiger partial charge in [-0.1, -0.05) is 326 Å². The summed E-state index contributed by atoms with van der Waals surface area (Å²) in [5.41, 5.74) is 0. The van der Waals surface area contributed by atoms with Crippen LogP contribution in [0.4, 0.5) is 0 Å². The van der Waals surface area contributed by atoms with Gasteiger partial charge in [-0.15, -0.1) is 0 Å². The Bertz CT molecular complexity index is 1360. The fraction of sp³-hybridized carbons (Fsp3) is 0.899. The molecular formula is C69H135N2O6P. The number of rotatable bonds is 64. The summed E-state index contributed by atoms with van der Waals surface area (Å²) in [5.74, 6) is -0.159. The molecule has 0 aromatic heterocycles. The first kappa shape index (κ1) is 76.7. The van der Waals surface area contributed by atoms with Gasteiger partial charge >= 0.3 is 0 Å². The molecule has 0 fully saturated rings. The Kier molecular flexibility index (Phi) is 59.3. The largest absolute Gasteiger partial charge is 0.756 e. The number of hydrogen-bond acceptors (Lipinski definition) is 6. The number of aliphatic hydroxyl groups excluding tert-OH is 1. The third-order valence-corrected chi connectivity index (χ3v) is 16.8.